The number of aryl methyl sites for hydroxylation is 2. The summed E-state index contributed by atoms with van der Waals surface area (Å²) in [5.74, 6) is 1.54. The average molecular weight is 424 g/mol. The van der Waals surface area contributed by atoms with Crippen LogP contribution in [0.4, 0.5) is 0 Å². The second-order valence-electron chi connectivity index (χ2n) is 7.38. The summed E-state index contributed by atoms with van der Waals surface area (Å²) in [6, 6.07) is 7.74. The minimum Gasteiger partial charge on any atom is -0.361 e. The van der Waals surface area contributed by atoms with E-state index in [0.717, 1.165) is 41.7 Å². The number of amides is 1. The molecular weight excluding hydrogens is 398 g/mol. The molecule has 0 bridgehead atoms. The van der Waals surface area contributed by atoms with Gasteiger partial charge < -0.3 is 9.42 Å². The topological polar surface area (TPSA) is 75.4 Å². The summed E-state index contributed by atoms with van der Waals surface area (Å²) in [7, 11) is 0. The number of carbonyl (C=O) groups excluding carboxylic acids is 1. The van der Waals surface area contributed by atoms with Gasteiger partial charge in [0.2, 0.25) is 0 Å². The van der Waals surface area contributed by atoms with E-state index in [4.69, 9.17) is 4.52 Å². The molecule has 7 nitrogen and oxygen atoms in total. The van der Waals surface area contributed by atoms with Crippen LogP contribution in [0.25, 0.3) is 0 Å². The fraction of sp³-hybridized carbons (Fsp3) is 0.364. The Bertz CT molecular complexity index is 980. The van der Waals surface area contributed by atoms with Gasteiger partial charge in [-0.1, -0.05) is 11.2 Å². The maximum Gasteiger partial charge on any atom is 0.256 e. The standard InChI is InChI=1S/C22H25N5O2S/c1-16-20(17(2)29-25-16)15-30-21-19(6-4-8-24-21)22(28)27-11-9-26(10-12-27)14-18-5-3-7-23-13-18/h3-8,13H,9-12,14-15H2,1-2H3. The molecule has 1 aliphatic heterocycles. The molecular formula is C22H25N5O2S. The Morgan fingerprint density at radius 2 is 1.93 bits per heavy atom. The summed E-state index contributed by atoms with van der Waals surface area (Å²) in [5, 5.41) is 4.75. The van der Waals surface area contributed by atoms with Crippen LogP contribution >= 0.6 is 11.8 Å². The molecule has 156 valence electrons. The van der Waals surface area contributed by atoms with Crippen molar-refractivity contribution in [2.75, 3.05) is 26.2 Å². The van der Waals surface area contributed by atoms with Crippen molar-refractivity contribution >= 4 is 17.7 Å². The highest BCUT2D eigenvalue weighted by atomic mass is 32.2. The quantitative estimate of drug-likeness (QED) is 0.563. The van der Waals surface area contributed by atoms with Crippen molar-refractivity contribution in [3.05, 3.63) is 71.0 Å². The fourth-order valence-corrected chi connectivity index (χ4v) is 4.69. The second-order valence-corrected chi connectivity index (χ2v) is 8.34. The molecule has 4 heterocycles. The zero-order valence-electron chi connectivity index (χ0n) is 17.2. The predicted molar refractivity (Wildman–Crippen MR) is 115 cm³/mol. The van der Waals surface area contributed by atoms with Crippen molar-refractivity contribution < 1.29 is 9.32 Å². The number of piperazine rings is 1. The first-order chi connectivity index (χ1) is 14.6. The molecule has 3 aromatic heterocycles. The molecule has 1 fully saturated rings. The van der Waals surface area contributed by atoms with Crippen LogP contribution in [0.5, 0.6) is 0 Å². The first-order valence-corrected chi connectivity index (χ1v) is 11.0. The molecule has 0 spiro atoms. The van der Waals surface area contributed by atoms with Crippen molar-refractivity contribution in [2.45, 2.75) is 31.2 Å². The van der Waals surface area contributed by atoms with Crippen LogP contribution in [0.3, 0.4) is 0 Å². The third-order valence-electron chi connectivity index (χ3n) is 5.32. The Balaban J connectivity index is 1.38. The monoisotopic (exact) mass is 423 g/mol. The maximum absolute atomic E-state index is 13.2. The van der Waals surface area contributed by atoms with Crippen LogP contribution < -0.4 is 0 Å². The molecule has 1 aliphatic rings. The molecule has 4 rings (SSSR count). The molecule has 30 heavy (non-hydrogen) atoms. The SMILES string of the molecule is Cc1noc(C)c1CSc1ncccc1C(=O)N1CCN(Cc2cccnc2)CC1. The summed E-state index contributed by atoms with van der Waals surface area (Å²) in [5.41, 5.74) is 3.80. The van der Waals surface area contributed by atoms with Gasteiger partial charge in [0.15, 0.2) is 0 Å². The summed E-state index contributed by atoms with van der Waals surface area (Å²) in [6.07, 6.45) is 5.42. The van der Waals surface area contributed by atoms with Crippen molar-refractivity contribution in [3.8, 4) is 0 Å². The molecule has 0 atom stereocenters. The van der Waals surface area contributed by atoms with E-state index in [0.29, 0.717) is 24.4 Å². The normalized spacial score (nSPS) is 14.8. The van der Waals surface area contributed by atoms with Gasteiger partial charge in [-0.15, -0.1) is 11.8 Å². The Morgan fingerprint density at radius 1 is 1.13 bits per heavy atom. The minimum absolute atomic E-state index is 0.0467. The zero-order valence-corrected chi connectivity index (χ0v) is 18.1. The number of aromatic nitrogens is 3. The Hall–Kier alpha value is -2.71. The van der Waals surface area contributed by atoms with Gasteiger partial charge in [0.25, 0.3) is 5.91 Å². The molecule has 0 N–H and O–H groups in total. The van der Waals surface area contributed by atoms with Gasteiger partial charge in [0.1, 0.15) is 10.8 Å². The Labute approximate surface area is 180 Å². The average Bonchev–Trinajstić information content (AvgIpc) is 3.10. The number of nitrogens with zero attached hydrogens (tertiary/aromatic N) is 5. The van der Waals surface area contributed by atoms with Gasteiger partial charge in [0.05, 0.1) is 11.3 Å². The van der Waals surface area contributed by atoms with Gasteiger partial charge in [-0.25, -0.2) is 4.98 Å². The molecule has 0 aliphatic carbocycles. The molecule has 1 saturated heterocycles. The van der Waals surface area contributed by atoms with E-state index < -0.39 is 0 Å². The van der Waals surface area contributed by atoms with Crippen LogP contribution in [0, 0.1) is 13.8 Å². The molecule has 3 aromatic rings. The fourth-order valence-electron chi connectivity index (χ4n) is 3.55. The molecule has 0 saturated carbocycles. The van der Waals surface area contributed by atoms with E-state index in [2.05, 4.69) is 26.1 Å². The summed E-state index contributed by atoms with van der Waals surface area (Å²) in [4.78, 5) is 26.1. The van der Waals surface area contributed by atoms with Crippen molar-refractivity contribution in [1.29, 1.82) is 0 Å². The zero-order chi connectivity index (χ0) is 20.9. The van der Waals surface area contributed by atoms with Crippen LogP contribution in [-0.4, -0.2) is 57.0 Å². The van der Waals surface area contributed by atoms with E-state index in [-0.39, 0.29) is 5.91 Å². The van der Waals surface area contributed by atoms with Crippen LogP contribution in [0.15, 0.2) is 52.4 Å². The predicted octanol–water partition coefficient (Wildman–Crippen LogP) is 3.33. The highest BCUT2D eigenvalue weighted by Crippen LogP contribution is 2.28. The third kappa shape index (κ3) is 4.71. The van der Waals surface area contributed by atoms with Gasteiger partial charge in [0, 0.05) is 62.6 Å². The maximum atomic E-state index is 13.2. The third-order valence-corrected chi connectivity index (χ3v) is 6.36. The van der Waals surface area contributed by atoms with Crippen molar-refractivity contribution in [1.82, 2.24) is 24.9 Å². The number of thioether (sulfide) groups is 1. The van der Waals surface area contributed by atoms with Crippen LogP contribution in [0.2, 0.25) is 0 Å². The molecule has 1 amide bonds. The summed E-state index contributed by atoms with van der Waals surface area (Å²) < 4.78 is 5.24. The largest absolute Gasteiger partial charge is 0.361 e. The van der Waals surface area contributed by atoms with Gasteiger partial charge in [-0.2, -0.15) is 0 Å². The van der Waals surface area contributed by atoms with E-state index in [1.54, 1.807) is 24.2 Å². The van der Waals surface area contributed by atoms with E-state index in [9.17, 15) is 4.79 Å². The van der Waals surface area contributed by atoms with E-state index >= 15 is 0 Å². The smallest absolute Gasteiger partial charge is 0.256 e. The van der Waals surface area contributed by atoms with Crippen molar-refractivity contribution in [3.63, 3.8) is 0 Å². The lowest BCUT2D eigenvalue weighted by molar-refractivity contribution is 0.0624. The second kappa shape index (κ2) is 9.40. The number of pyridine rings is 2. The first kappa shape index (κ1) is 20.6. The van der Waals surface area contributed by atoms with Crippen LogP contribution in [0.1, 0.15) is 32.9 Å². The van der Waals surface area contributed by atoms with Crippen LogP contribution in [-0.2, 0) is 12.3 Å². The molecule has 0 radical (unpaired) electrons. The molecule has 0 aromatic carbocycles. The van der Waals surface area contributed by atoms with Gasteiger partial charge >= 0.3 is 0 Å². The van der Waals surface area contributed by atoms with E-state index in [1.165, 1.54) is 5.56 Å². The first-order valence-electron chi connectivity index (χ1n) is 10.0. The molecule has 8 heteroatoms. The van der Waals surface area contributed by atoms with E-state index in [1.807, 2.05) is 43.1 Å². The molecule has 0 unspecified atom stereocenters. The number of carbonyl (C=O) groups is 1. The lowest BCUT2D eigenvalue weighted by Crippen LogP contribution is -2.48. The number of hydrogen-bond donors (Lipinski definition) is 0. The summed E-state index contributed by atoms with van der Waals surface area (Å²) in [6.45, 7) is 7.82. The summed E-state index contributed by atoms with van der Waals surface area (Å²) >= 11 is 1.55. The van der Waals surface area contributed by atoms with Gasteiger partial charge in [-0.3, -0.25) is 14.7 Å². The highest BCUT2D eigenvalue weighted by molar-refractivity contribution is 7.98. The van der Waals surface area contributed by atoms with Crippen molar-refractivity contribution in [2.24, 2.45) is 0 Å². The number of rotatable bonds is 6. The lowest BCUT2D eigenvalue weighted by Gasteiger charge is -2.34. The highest BCUT2D eigenvalue weighted by Gasteiger charge is 2.24. The lowest BCUT2D eigenvalue weighted by atomic mass is 10.2. The Kier molecular flexibility index (Phi) is 6.44. The number of hydrogen-bond acceptors (Lipinski definition) is 7. The van der Waals surface area contributed by atoms with Gasteiger partial charge in [-0.05, 0) is 37.6 Å². The minimum atomic E-state index is 0.0467. The Morgan fingerprint density at radius 3 is 2.63 bits per heavy atom.